The van der Waals surface area contributed by atoms with E-state index in [0.717, 1.165) is 46.0 Å². The molecular weight excluding hydrogens is 250 g/mol. The first kappa shape index (κ1) is 16.2. The summed E-state index contributed by atoms with van der Waals surface area (Å²) in [6.07, 6.45) is 0.440. The van der Waals surface area contributed by atoms with E-state index >= 15 is 0 Å². The van der Waals surface area contributed by atoms with Gasteiger partial charge in [-0.2, -0.15) is 0 Å². The van der Waals surface area contributed by atoms with Crippen LogP contribution in [0.3, 0.4) is 0 Å². The summed E-state index contributed by atoms with van der Waals surface area (Å²) in [7, 11) is 0. The second-order valence-electron chi connectivity index (χ2n) is 8.27. The van der Waals surface area contributed by atoms with Crippen LogP contribution in [0, 0.1) is 0 Å². The van der Waals surface area contributed by atoms with Gasteiger partial charge in [-0.1, -0.05) is 0 Å². The van der Waals surface area contributed by atoms with Crippen molar-refractivity contribution in [2.75, 3.05) is 46.0 Å². The predicted molar refractivity (Wildman–Crippen MR) is 84.0 cm³/mol. The van der Waals surface area contributed by atoms with E-state index in [0.29, 0.717) is 11.6 Å². The highest BCUT2D eigenvalue weighted by molar-refractivity contribution is 4.89. The zero-order valence-electron chi connectivity index (χ0n) is 14.3. The molecule has 0 spiro atoms. The van der Waals surface area contributed by atoms with Gasteiger partial charge < -0.3 is 4.74 Å². The Hall–Kier alpha value is -0.160. The standard InChI is InChI=1S/C16H33N3O/c1-15(2,3)18-9-7-17(8-10-18)13-20-14-11-19(12-14)16(4,5)6/h14H,7-13H2,1-6H3. The van der Waals surface area contributed by atoms with Gasteiger partial charge in [0.05, 0.1) is 12.8 Å². The Labute approximate surface area is 125 Å². The second-order valence-corrected chi connectivity index (χ2v) is 8.27. The Morgan fingerprint density at radius 2 is 1.30 bits per heavy atom. The molecule has 2 saturated heterocycles. The molecule has 2 rings (SSSR count). The molecule has 2 aliphatic heterocycles. The van der Waals surface area contributed by atoms with Gasteiger partial charge in [-0.25, -0.2) is 0 Å². The number of ether oxygens (including phenoxy) is 1. The van der Waals surface area contributed by atoms with Crippen molar-refractivity contribution in [1.82, 2.24) is 14.7 Å². The predicted octanol–water partition coefficient (Wildman–Crippen LogP) is 1.86. The molecule has 0 aliphatic carbocycles. The van der Waals surface area contributed by atoms with Gasteiger partial charge in [0, 0.05) is 50.3 Å². The molecule has 0 radical (unpaired) electrons. The summed E-state index contributed by atoms with van der Waals surface area (Å²) in [6.45, 7) is 21.3. The number of piperazine rings is 1. The molecule has 0 amide bonds. The van der Waals surface area contributed by atoms with Crippen molar-refractivity contribution in [1.29, 1.82) is 0 Å². The smallest absolute Gasteiger partial charge is 0.0996 e. The molecule has 0 aromatic rings. The summed E-state index contributed by atoms with van der Waals surface area (Å²) < 4.78 is 6.03. The Bertz CT molecular complexity index is 305. The maximum atomic E-state index is 6.03. The van der Waals surface area contributed by atoms with Crippen molar-refractivity contribution in [3.8, 4) is 0 Å². The topological polar surface area (TPSA) is 19.0 Å². The highest BCUT2D eigenvalue weighted by Gasteiger charge is 2.35. The van der Waals surface area contributed by atoms with Crippen LogP contribution in [0.4, 0.5) is 0 Å². The maximum Gasteiger partial charge on any atom is 0.0996 e. The number of hydrogen-bond acceptors (Lipinski definition) is 4. The van der Waals surface area contributed by atoms with E-state index in [4.69, 9.17) is 4.74 Å². The number of hydrogen-bond donors (Lipinski definition) is 0. The van der Waals surface area contributed by atoms with Crippen LogP contribution in [0.1, 0.15) is 41.5 Å². The van der Waals surface area contributed by atoms with Crippen LogP contribution in [0.25, 0.3) is 0 Å². The molecule has 2 heterocycles. The summed E-state index contributed by atoms with van der Waals surface area (Å²) in [6, 6.07) is 0. The van der Waals surface area contributed by atoms with Crippen molar-refractivity contribution >= 4 is 0 Å². The van der Waals surface area contributed by atoms with Gasteiger partial charge in [0.2, 0.25) is 0 Å². The van der Waals surface area contributed by atoms with Gasteiger partial charge >= 0.3 is 0 Å². The minimum Gasteiger partial charge on any atom is -0.360 e. The van der Waals surface area contributed by atoms with Crippen LogP contribution >= 0.6 is 0 Å². The first-order valence-corrected chi connectivity index (χ1v) is 8.00. The van der Waals surface area contributed by atoms with Gasteiger partial charge in [-0.05, 0) is 41.5 Å². The Morgan fingerprint density at radius 1 is 0.800 bits per heavy atom. The first-order chi connectivity index (χ1) is 9.16. The van der Waals surface area contributed by atoms with Crippen LogP contribution < -0.4 is 0 Å². The normalized spacial score (nSPS) is 24.9. The van der Waals surface area contributed by atoms with Crippen molar-refractivity contribution in [3.63, 3.8) is 0 Å². The third kappa shape index (κ3) is 4.17. The number of likely N-dealkylation sites (tertiary alicyclic amines) is 1. The first-order valence-electron chi connectivity index (χ1n) is 8.00. The lowest BCUT2D eigenvalue weighted by atomic mass is 9.99. The van der Waals surface area contributed by atoms with Gasteiger partial charge in [0.15, 0.2) is 0 Å². The second kappa shape index (κ2) is 5.91. The maximum absolute atomic E-state index is 6.03. The minimum absolute atomic E-state index is 0.290. The number of rotatable bonds is 3. The molecule has 0 atom stereocenters. The van der Waals surface area contributed by atoms with E-state index in [-0.39, 0.29) is 5.54 Å². The molecule has 0 aromatic carbocycles. The van der Waals surface area contributed by atoms with Crippen LogP contribution in [0.15, 0.2) is 0 Å². The average Bonchev–Trinajstić information content (AvgIpc) is 2.24. The highest BCUT2D eigenvalue weighted by atomic mass is 16.5. The molecule has 0 unspecified atom stereocenters. The fraction of sp³-hybridized carbons (Fsp3) is 1.00. The molecule has 0 bridgehead atoms. The monoisotopic (exact) mass is 283 g/mol. The van der Waals surface area contributed by atoms with Crippen LogP contribution in [0.2, 0.25) is 0 Å². The summed E-state index contributed by atoms with van der Waals surface area (Å²) in [5.74, 6) is 0. The largest absolute Gasteiger partial charge is 0.360 e. The SMILES string of the molecule is CC(C)(C)N1CCN(COC2CN(C(C)(C)C)C2)CC1. The van der Waals surface area contributed by atoms with Crippen LogP contribution in [-0.4, -0.2) is 77.9 Å². The van der Waals surface area contributed by atoms with Gasteiger partial charge in [-0.15, -0.1) is 0 Å². The fourth-order valence-electron chi connectivity index (χ4n) is 2.85. The van der Waals surface area contributed by atoms with E-state index in [1.807, 2.05) is 0 Å². The zero-order chi connectivity index (χ0) is 15.0. The summed E-state index contributed by atoms with van der Waals surface area (Å²) in [4.78, 5) is 7.49. The van der Waals surface area contributed by atoms with E-state index in [9.17, 15) is 0 Å². The summed E-state index contributed by atoms with van der Waals surface area (Å²) >= 11 is 0. The van der Waals surface area contributed by atoms with Crippen molar-refractivity contribution < 1.29 is 4.74 Å². The molecular formula is C16H33N3O. The lowest BCUT2D eigenvalue weighted by Gasteiger charge is -2.48. The quantitative estimate of drug-likeness (QED) is 0.787. The summed E-state index contributed by atoms with van der Waals surface area (Å²) in [5.41, 5.74) is 0.590. The van der Waals surface area contributed by atoms with Crippen molar-refractivity contribution in [2.24, 2.45) is 0 Å². The zero-order valence-corrected chi connectivity index (χ0v) is 14.3. The van der Waals surface area contributed by atoms with E-state index < -0.39 is 0 Å². The molecule has 0 aromatic heterocycles. The molecule has 0 N–H and O–H groups in total. The lowest BCUT2D eigenvalue weighted by Crippen LogP contribution is -2.60. The van der Waals surface area contributed by atoms with Gasteiger partial charge in [0.1, 0.15) is 0 Å². The molecule has 2 aliphatic rings. The lowest BCUT2D eigenvalue weighted by molar-refractivity contribution is -0.123. The fourth-order valence-corrected chi connectivity index (χ4v) is 2.85. The average molecular weight is 283 g/mol. The third-order valence-electron chi connectivity index (χ3n) is 4.61. The molecule has 2 fully saturated rings. The van der Waals surface area contributed by atoms with Crippen LogP contribution in [-0.2, 0) is 4.74 Å². The van der Waals surface area contributed by atoms with Crippen molar-refractivity contribution in [2.45, 2.75) is 58.7 Å². The number of nitrogens with zero attached hydrogens (tertiary/aromatic N) is 3. The Balaban J connectivity index is 1.61. The molecule has 0 saturated carbocycles. The van der Waals surface area contributed by atoms with Crippen LogP contribution in [0.5, 0.6) is 0 Å². The van der Waals surface area contributed by atoms with Gasteiger partial charge in [0.25, 0.3) is 0 Å². The highest BCUT2D eigenvalue weighted by Crippen LogP contribution is 2.23. The van der Waals surface area contributed by atoms with Crippen molar-refractivity contribution in [3.05, 3.63) is 0 Å². The third-order valence-corrected chi connectivity index (χ3v) is 4.61. The summed E-state index contributed by atoms with van der Waals surface area (Å²) in [5, 5.41) is 0. The Morgan fingerprint density at radius 3 is 1.75 bits per heavy atom. The van der Waals surface area contributed by atoms with E-state index in [2.05, 4.69) is 56.2 Å². The minimum atomic E-state index is 0.290. The molecule has 20 heavy (non-hydrogen) atoms. The molecule has 4 nitrogen and oxygen atoms in total. The molecule has 4 heteroatoms. The van der Waals surface area contributed by atoms with Gasteiger partial charge in [-0.3, -0.25) is 14.7 Å². The van der Waals surface area contributed by atoms with E-state index in [1.54, 1.807) is 0 Å². The van der Waals surface area contributed by atoms with E-state index in [1.165, 1.54) is 0 Å². The Kier molecular flexibility index (Phi) is 4.80. The molecule has 118 valence electrons.